The lowest BCUT2D eigenvalue weighted by Gasteiger charge is -2.29. The molecule has 0 aromatic heterocycles. The number of rotatable bonds is 3. The monoisotopic (exact) mass is 259 g/mol. The number of piperazine rings is 1. The number of hydrogen-bond acceptors (Lipinski definition) is 3. The largest absolute Gasteiger partial charge is 0.326 e. The van der Waals surface area contributed by atoms with Crippen molar-refractivity contribution in [1.29, 1.82) is 0 Å². The molecule has 0 spiro atoms. The highest BCUT2D eigenvalue weighted by Crippen LogP contribution is 2.27. The van der Waals surface area contributed by atoms with Crippen LogP contribution in [-0.4, -0.2) is 43.5 Å². The molecule has 1 fully saturated rings. The number of carbonyl (C=O) groups is 1. The third-order valence-electron chi connectivity index (χ3n) is 4.07. The maximum absolute atomic E-state index is 11.4. The Hall–Kier alpha value is -1.39. The maximum atomic E-state index is 11.4. The molecular weight excluding hydrogens is 238 g/mol. The van der Waals surface area contributed by atoms with Gasteiger partial charge in [0.15, 0.2) is 0 Å². The summed E-state index contributed by atoms with van der Waals surface area (Å²) in [6.45, 7) is 7.82. The van der Waals surface area contributed by atoms with Gasteiger partial charge in [-0.1, -0.05) is 19.1 Å². The number of nitrogens with one attached hydrogen (secondary N) is 2. The molecule has 0 saturated carbocycles. The quantitative estimate of drug-likeness (QED) is 0.857. The van der Waals surface area contributed by atoms with Crippen molar-refractivity contribution in [3.05, 3.63) is 29.3 Å². The zero-order valence-corrected chi connectivity index (χ0v) is 11.4. The zero-order chi connectivity index (χ0) is 13.2. The van der Waals surface area contributed by atoms with E-state index in [1.165, 1.54) is 5.56 Å². The molecule has 1 atom stereocenters. The molecule has 0 radical (unpaired) electrons. The maximum Gasteiger partial charge on any atom is 0.228 e. The molecule has 2 heterocycles. The molecule has 1 saturated heterocycles. The van der Waals surface area contributed by atoms with E-state index < -0.39 is 0 Å². The zero-order valence-electron chi connectivity index (χ0n) is 11.4. The predicted octanol–water partition coefficient (Wildman–Crippen LogP) is 1.19. The van der Waals surface area contributed by atoms with Gasteiger partial charge in [-0.15, -0.1) is 0 Å². The van der Waals surface area contributed by atoms with Crippen LogP contribution >= 0.6 is 0 Å². The molecule has 1 unspecified atom stereocenters. The second-order valence-electron chi connectivity index (χ2n) is 5.59. The van der Waals surface area contributed by atoms with Crippen LogP contribution in [0.25, 0.3) is 0 Å². The van der Waals surface area contributed by atoms with Crippen molar-refractivity contribution < 1.29 is 4.79 Å². The van der Waals surface area contributed by atoms with E-state index in [2.05, 4.69) is 34.6 Å². The fraction of sp³-hybridized carbons (Fsp3) is 0.533. The summed E-state index contributed by atoms with van der Waals surface area (Å²) < 4.78 is 0. The van der Waals surface area contributed by atoms with Gasteiger partial charge in [-0.2, -0.15) is 0 Å². The Morgan fingerprint density at radius 1 is 1.32 bits per heavy atom. The van der Waals surface area contributed by atoms with Crippen LogP contribution in [0.2, 0.25) is 0 Å². The SMILES string of the molecule is CC(CN1CCNCC1)c1ccc2c(c1)CC(=O)N2. The van der Waals surface area contributed by atoms with Crippen LogP contribution in [0.4, 0.5) is 5.69 Å². The summed E-state index contributed by atoms with van der Waals surface area (Å²) in [7, 11) is 0. The highest BCUT2D eigenvalue weighted by molar-refractivity contribution is 5.99. The van der Waals surface area contributed by atoms with E-state index in [1.807, 2.05) is 6.07 Å². The van der Waals surface area contributed by atoms with Gasteiger partial charge in [0.2, 0.25) is 5.91 Å². The van der Waals surface area contributed by atoms with Crippen LogP contribution in [0.1, 0.15) is 24.0 Å². The number of carbonyl (C=O) groups excluding carboxylic acids is 1. The Bertz CT molecular complexity index is 480. The Labute approximate surface area is 114 Å². The Morgan fingerprint density at radius 2 is 2.11 bits per heavy atom. The Balaban J connectivity index is 1.68. The number of benzene rings is 1. The average Bonchev–Trinajstić information content (AvgIpc) is 2.78. The van der Waals surface area contributed by atoms with Crippen LogP contribution in [-0.2, 0) is 11.2 Å². The second kappa shape index (κ2) is 5.31. The summed E-state index contributed by atoms with van der Waals surface area (Å²) in [6, 6.07) is 6.39. The molecule has 1 aromatic carbocycles. The first-order chi connectivity index (χ1) is 9.22. The number of amides is 1. The minimum absolute atomic E-state index is 0.113. The average molecular weight is 259 g/mol. The fourth-order valence-corrected chi connectivity index (χ4v) is 2.94. The van der Waals surface area contributed by atoms with Gasteiger partial charge in [0.25, 0.3) is 0 Å². The van der Waals surface area contributed by atoms with E-state index in [0.717, 1.165) is 44.0 Å². The highest BCUT2D eigenvalue weighted by Gasteiger charge is 2.20. The number of nitrogens with zero attached hydrogens (tertiary/aromatic N) is 1. The third-order valence-corrected chi connectivity index (χ3v) is 4.07. The first kappa shape index (κ1) is 12.6. The molecule has 2 aliphatic heterocycles. The van der Waals surface area contributed by atoms with E-state index in [0.29, 0.717) is 12.3 Å². The molecule has 0 aliphatic carbocycles. The van der Waals surface area contributed by atoms with Gasteiger partial charge in [0, 0.05) is 38.4 Å². The molecule has 2 N–H and O–H groups in total. The van der Waals surface area contributed by atoms with Gasteiger partial charge in [0.1, 0.15) is 0 Å². The topological polar surface area (TPSA) is 44.4 Å². The van der Waals surface area contributed by atoms with Gasteiger partial charge in [-0.05, 0) is 23.1 Å². The fourth-order valence-electron chi connectivity index (χ4n) is 2.94. The van der Waals surface area contributed by atoms with Crippen molar-refractivity contribution >= 4 is 11.6 Å². The van der Waals surface area contributed by atoms with Gasteiger partial charge in [-0.25, -0.2) is 0 Å². The Morgan fingerprint density at radius 3 is 2.89 bits per heavy atom. The van der Waals surface area contributed by atoms with Crippen LogP contribution in [0.3, 0.4) is 0 Å². The third kappa shape index (κ3) is 2.80. The van der Waals surface area contributed by atoms with Crippen LogP contribution in [0, 0.1) is 0 Å². The first-order valence-corrected chi connectivity index (χ1v) is 7.08. The van der Waals surface area contributed by atoms with Crippen molar-refractivity contribution in [1.82, 2.24) is 10.2 Å². The molecule has 3 rings (SSSR count). The molecule has 2 aliphatic rings. The van der Waals surface area contributed by atoms with Crippen LogP contribution < -0.4 is 10.6 Å². The number of fused-ring (bicyclic) bond motifs is 1. The van der Waals surface area contributed by atoms with Crippen molar-refractivity contribution in [2.45, 2.75) is 19.3 Å². The molecule has 1 amide bonds. The molecule has 1 aromatic rings. The standard InChI is InChI=1S/C15H21N3O/c1-11(10-18-6-4-16-5-7-18)12-2-3-14-13(8-12)9-15(19)17-14/h2-3,8,11,16H,4-7,9-10H2,1H3,(H,17,19). The van der Waals surface area contributed by atoms with E-state index in [4.69, 9.17) is 0 Å². The summed E-state index contributed by atoms with van der Waals surface area (Å²) >= 11 is 0. The summed E-state index contributed by atoms with van der Waals surface area (Å²) in [5.74, 6) is 0.626. The summed E-state index contributed by atoms with van der Waals surface area (Å²) in [5, 5.41) is 6.27. The molecule has 4 nitrogen and oxygen atoms in total. The summed E-state index contributed by atoms with van der Waals surface area (Å²) in [5.41, 5.74) is 3.48. The minimum atomic E-state index is 0.113. The van der Waals surface area contributed by atoms with E-state index in [1.54, 1.807) is 0 Å². The van der Waals surface area contributed by atoms with Crippen molar-refractivity contribution in [3.8, 4) is 0 Å². The number of hydrogen-bond donors (Lipinski definition) is 2. The molecule has 4 heteroatoms. The van der Waals surface area contributed by atoms with E-state index in [-0.39, 0.29) is 5.91 Å². The first-order valence-electron chi connectivity index (χ1n) is 7.08. The number of anilines is 1. The summed E-state index contributed by atoms with van der Waals surface area (Å²) in [6.07, 6.45) is 0.531. The van der Waals surface area contributed by atoms with Crippen molar-refractivity contribution in [2.24, 2.45) is 0 Å². The Kier molecular flexibility index (Phi) is 3.53. The normalized spacial score (nSPS) is 21.0. The van der Waals surface area contributed by atoms with Crippen molar-refractivity contribution in [2.75, 3.05) is 38.0 Å². The van der Waals surface area contributed by atoms with E-state index in [9.17, 15) is 4.79 Å². The predicted molar refractivity (Wildman–Crippen MR) is 76.5 cm³/mol. The lowest BCUT2D eigenvalue weighted by molar-refractivity contribution is -0.115. The minimum Gasteiger partial charge on any atom is -0.326 e. The lowest BCUT2D eigenvalue weighted by atomic mass is 9.97. The van der Waals surface area contributed by atoms with Gasteiger partial charge < -0.3 is 15.5 Å². The van der Waals surface area contributed by atoms with Crippen molar-refractivity contribution in [3.63, 3.8) is 0 Å². The van der Waals surface area contributed by atoms with Gasteiger partial charge >= 0.3 is 0 Å². The van der Waals surface area contributed by atoms with E-state index >= 15 is 0 Å². The van der Waals surface area contributed by atoms with Gasteiger partial charge in [-0.3, -0.25) is 4.79 Å². The smallest absolute Gasteiger partial charge is 0.228 e. The molecule has 19 heavy (non-hydrogen) atoms. The lowest BCUT2D eigenvalue weighted by Crippen LogP contribution is -2.44. The molecular formula is C15H21N3O. The van der Waals surface area contributed by atoms with Crippen LogP contribution in [0.5, 0.6) is 0 Å². The highest BCUT2D eigenvalue weighted by atomic mass is 16.1. The molecule has 102 valence electrons. The summed E-state index contributed by atoms with van der Waals surface area (Å²) in [4.78, 5) is 13.9. The van der Waals surface area contributed by atoms with Gasteiger partial charge in [0.05, 0.1) is 6.42 Å². The second-order valence-corrected chi connectivity index (χ2v) is 5.59. The van der Waals surface area contributed by atoms with Crippen LogP contribution in [0.15, 0.2) is 18.2 Å². The molecule has 0 bridgehead atoms.